The zero-order chi connectivity index (χ0) is 14.3. The molecule has 1 atom stereocenters. The van der Waals surface area contributed by atoms with Gasteiger partial charge in [-0.3, -0.25) is 9.59 Å². The lowest BCUT2D eigenvalue weighted by atomic mass is 9.88. The normalized spacial score (nSPS) is 17.8. The minimum absolute atomic E-state index is 0.0283. The van der Waals surface area contributed by atoms with Crippen LogP contribution in [0.2, 0.25) is 0 Å². The van der Waals surface area contributed by atoms with Crippen molar-refractivity contribution in [3.05, 3.63) is 0 Å². The van der Waals surface area contributed by atoms with Gasteiger partial charge in [-0.15, -0.1) is 0 Å². The van der Waals surface area contributed by atoms with E-state index in [-0.39, 0.29) is 17.7 Å². The molecule has 0 aliphatic heterocycles. The molecule has 0 saturated heterocycles. The lowest BCUT2D eigenvalue weighted by Crippen LogP contribution is -2.48. The van der Waals surface area contributed by atoms with Gasteiger partial charge in [0.05, 0.1) is 0 Å². The predicted molar refractivity (Wildman–Crippen MR) is 75.7 cm³/mol. The quantitative estimate of drug-likeness (QED) is 0.748. The Hall–Kier alpha value is -1.10. The molecule has 110 valence electrons. The van der Waals surface area contributed by atoms with Crippen LogP contribution in [0.15, 0.2) is 0 Å². The number of carbonyl (C=O) groups excluding carboxylic acids is 2. The molecule has 19 heavy (non-hydrogen) atoms. The van der Waals surface area contributed by atoms with Gasteiger partial charge in [0.1, 0.15) is 6.04 Å². The minimum atomic E-state index is -0.434. The summed E-state index contributed by atoms with van der Waals surface area (Å²) < 4.78 is 0. The fourth-order valence-corrected chi connectivity index (χ4v) is 2.48. The van der Waals surface area contributed by atoms with Crippen LogP contribution in [0.3, 0.4) is 0 Å². The fourth-order valence-electron chi connectivity index (χ4n) is 2.48. The first-order valence-corrected chi connectivity index (χ1v) is 7.26. The summed E-state index contributed by atoms with van der Waals surface area (Å²) in [6.45, 7) is 3.17. The van der Waals surface area contributed by atoms with E-state index in [1.807, 2.05) is 7.05 Å². The Morgan fingerprint density at radius 3 is 2.47 bits per heavy atom. The summed E-state index contributed by atoms with van der Waals surface area (Å²) in [5, 5.41) is 5.86. The van der Waals surface area contributed by atoms with Crippen LogP contribution in [0.1, 0.15) is 39.0 Å². The summed E-state index contributed by atoms with van der Waals surface area (Å²) >= 11 is 0. The van der Waals surface area contributed by atoms with E-state index in [1.165, 1.54) is 6.42 Å². The van der Waals surface area contributed by atoms with Gasteiger partial charge in [-0.25, -0.2) is 0 Å². The number of hydrogen-bond donors (Lipinski definition) is 2. The Morgan fingerprint density at radius 2 is 1.89 bits per heavy atom. The molecule has 5 nitrogen and oxygen atoms in total. The number of hydrogen-bond acceptors (Lipinski definition) is 3. The molecular weight excluding hydrogens is 242 g/mol. The van der Waals surface area contributed by atoms with E-state index in [9.17, 15) is 9.59 Å². The number of nitrogens with zero attached hydrogens (tertiary/aromatic N) is 1. The molecule has 0 radical (unpaired) electrons. The molecule has 5 heteroatoms. The van der Waals surface area contributed by atoms with Gasteiger partial charge in [0.25, 0.3) is 0 Å². The minimum Gasteiger partial charge on any atom is -0.344 e. The first-order valence-electron chi connectivity index (χ1n) is 7.26. The lowest BCUT2D eigenvalue weighted by molar-refractivity contribution is -0.136. The first-order chi connectivity index (χ1) is 9.06. The van der Waals surface area contributed by atoms with Gasteiger partial charge in [-0.2, -0.15) is 0 Å². The second-order valence-corrected chi connectivity index (χ2v) is 5.43. The van der Waals surface area contributed by atoms with Gasteiger partial charge < -0.3 is 15.5 Å². The first kappa shape index (κ1) is 16.0. The molecule has 2 N–H and O–H groups in total. The van der Waals surface area contributed by atoms with Gasteiger partial charge in [-0.1, -0.05) is 19.3 Å². The molecule has 0 aromatic rings. The van der Waals surface area contributed by atoms with Gasteiger partial charge in [0, 0.05) is 26.1 Å². The van der Waals surface area contributed by atoms with Crippen LogP contribution in [-0.2, 0) is 9.59 Å². The Labute approximate surface area is 116 Å². The van der Waals surface area contributed by atoms with Crippen LogP contribution in [-0.4, -0.2) is 49.9 Å². The van der Waals surface area contributed by atoms with Crippen molar-refractivity contribution in [2.24, 2.45) is 5.92 Å². The van der Waals surface area contributed by atoms with Crippen molar-refractivity contribution in [1.29, 1.82) is 0 Å². The van der Waals surface area contributed by atoms with E-state index in [0.717, 1.165) is 32.2 Å². The monoisotopic (exact) mass is 269 g/mol. The molecule has 1 fully saturated rings. The molecule has 1 aliphatic carbocycles. The van der Waals surface area contributed by atoms with Gasteiger partial charge in [0.15, 0.2) is 0 Å². The van der Waals surface area contributed by atoms with E-state index >= 15 is 0 Å². The summed E-state index contributed by atoms with van der Waals surface area (Å²) in [5.41, 5.74) is 0. The average molecular weight is 269 g/mol. The van der Waals surface area contributed by atoms with Crippen molar-refractivity contribution >= 4 is 11.8 Å². The third-order valence-corrected chi connectivity index (χ3v) is 3.78. The molecule has 0 heterocycles. The summed E-state index contributed by atoms with van der Waals surface area (Å²) in [4.78, 5) is 25.8. The number of likely N-dealkylation sites (N-methyl/N-ethyl adjacent to an activating group) is 2. The topological polar surface area (TPSA) is 61.4 Å². The van der Waals surface area contributed by atoms with Crippen LogP contribution in [0.5, 0.6) is 0 Å². The molecule has 0 spiro atoms. The number of nitrogens with one attached hydrogen (secondary N) is 2. The van der Waals surface area contributed by atoms with Crippen molar-refractivity contribution in [1.82, 2.24) is 15.5 Å². The Morgan fingerprint density at radius 1 is 1.26 bits per heavy atom. The van der Waals surface area contributed by atoms with Crippen molar-refractivity contribution in [2.45, 2.75) is 45.1 Å². The van der Waals surface area contributed by atoms with E-state index < -0.39 is 6.04 Å². The molecule has 0 unspecified atom stereocenters. The molecular formula is C14H27N3O2. The fraction of sp³-hybridized carbons (Fsp3) is 0.857. The molecule has 0 bridgehead atoms. The summed E-state index contributed by atoms with van der Waals surface area (Å²) in [6.07, 6.45) is 5.40. The standard InChI is InChI=1S/C14H27N3O2/c1-11(14(19)17(3)10-9-15-2)16-13(18)12-7-5-4-6-8-12/h11-12,15H,4-10H2,1-3H3,(H,16,18)/t11-/m0/s1. The van der Waals surface area contributed by atoms with Crippen molar-refractivity contribution in [3.8, 4) is 0 Å². The van der Waals surface area contributed by atoms with Gasteiger partial charge >= 0.3 is 0 Å². The largest absolute Gasteiger partial charge is 0.344 e. The SMILES string of the molecule is CNCCN(C)C(=O)[C@H](C)NC(=O)C1CCCCC1. The third kappa shape index (κ3) is 5.19. The van der Waals surface area contributed by atoms with Crippen molar-refractivity contribution < 1.29 is 9.59 Å². The molecule has 0 aromatic carbocycles. The van der Waals surface area contributed by atoms with Crippen LogP contribution in [0, 0.1) is 5.92 Å². The van der Waals surface area contributed by atoms with Gasteiger partial charge in [0.2, 0.25) is 11.8 Å². The number of amides is 2. The summed E-state index contributed by atoms with van der Waals surface area (Å²) in [7, 11) is 3.62. The average Bonchev–Trinajstić information content (AvgIpc) is 2.44. The molecule has 0 aromatic heterocycles. The highest BCUT2D eigenvalue weighted by molar-refractivity contribution is 5.88. The maximum Gasteiger partial charge on any atom is 0.244 e. The summed E-state index contributed by atoms with van der Waals surface area (Å²) in [5.74, 6) is 0.119. The smallest absolute Gasteiger partial charge is 0.244 e. The Balaban J connectivity index is 2.37. The van der Waals surface area contributed by atoms with Gasteiger partial charge in [-0.05, 0) is 26.8 Å². The van der Waals surface area contributed by atoms with E-state index in [4.69, 9.17) is 0 Å². The lowest BCUT2D eigenvalue weighted by Gasteiger charge is -2.25. The number of rotatable bonds is 6. The highest BCUT2D eigenvalue weighted by Crippen LogP contribution is 2.23. The van der Waals surface area contributed by atoms with Crippen LogP contribution >= 0.6 is 0 Å². The maximum atomic E-state index is 12.1. The zero-order valence-electron chi connectivity index (χ0n) is 12.4. The van der Waals surface area contributed by atoms with E-state index in [1.54, 1.807) is 18.9 Å². The van der Waals surface area contributed by atoms with Crippen molar-refractivity contribution in [3.63, 3.8) is 0 Å². The zero-order valence-corrected chi connectivity index (χ0v) is 12.4. The second kappa shape index (κ2) is 8.15. The highest BCUT2D eigenvalue weighted by Gasteiger charge is 2.25. The van der Waals surface area contributed by atoms with Crippen LogP contribution in [0.25, 0.3) is 0 Å². The van der Waals surface area contributed by atoms with E-state index in [2.05, 4.69) is 10.6 Å². The molecule has 1 rings (SSSR count). The predicted octanol–water partition coefficient (Wildman–Crippen LogP) is 0.749. The van der Waals surface area contributed by atoms with E-state index in [0.29, 0.717) is 6.54 Å². The van der Waals surface area contributed by atoms with Crippen molar-refractivity contribution in [2.75, 3.05) is 27.2 Å². The molecule has 2 amide bonds. The Kier molecular flexibility index (Phi) is 6.84. The maximum absolute atomic E-state index is 12.1. The second-order valence-electron chi connectivity index (χ2n) is 5.43. The molecule has 1 saturated carbocycles. The summed E-state index contributed by atoms with van der Waals surface area (Å²) in [6, 6.07) is -0.434. The Bertz CT molecular complexity index is 301. The van der Waals surface area contributed by atoms with Crippen LogP contribution in [0.4, 0.5) is 0 Å². The third-order valence-electron chi connectivity index (χ3n) is 3.78. The number of carbonyl (C=O) groups is 2. The highest BCUT2D eigenvalue weighted by atomic mass is 16.2. The molecule has 1 aliphatic rings. The van der Waals surface area contributed by atoms with Crippen LogP contribution < -0.4 is 10.6 Å².